The quantitative estimate of drug-likeness (QED) is 0.868. The van der Waals surface area contributed by atoms with Gasteiger partial charge in [0.2, 0.25) is 0 Å². The van der Waals surface area contributed by atoms with Gasteiger partial charge in [-0.2, -0.15) is 0 Å². The smallest absolute Gasteiger partial charge is 0.0957 e. The highest BCUT2D eigenvalue weighted by atomic mass is 32.1. The number of hydrogen-bond donors (Lipinski definition) is 1. The maximum Gasteiger partial charge on any atom is 0.0957 e. The van der Waals surface area contributed by atoms with E-state index in [0.29, 0.717) is 6.10 Å². The van der Waals surface area contributed by atoms with Crippen LogP contribution in [-0.2, 0) is 17.7 Å². The first-order chi connectivity index (χ1) is 9.36. The number of nitrogens with one attached hydrogen (secondary N) is 1. The van der Waals surface area contributed by atoms with Crippen LogP contribution in [0.2, 0.25) is 0 Å². The molecule has 1 unspecified atom stereocenters. The van der Waals surface area contributed by atoms with Crippen LogP contribution in [0.5, 0.6) is 0 Å². The predicted molar refractivity (Wildman–Crippen MR) is 78.8 cm³/mol. The summed E-state index contributed by atoms with van der Waals surface area (Å²) in [6, 6.07) is 0. The van der Waals surface area contributed by atoms with Crippen molar-refractivity contribution >= 4 is 11.3 Å². The van der Waals surface area contributed by atoms with Crippen LogP contribution in [0, 0.1) is 0 Å². The van der Waals surface area contributed by atoms with Gasteiger partial charge in [-0.25, -0.2) is 4.98 Å². The number of thiazole rings is 1. The van der Waals surface area contributed by atoms with Gasteiger partial charge in [-0.1, -0.05) is 6.92 Å². The molecule has 1 aliphatic carbocycles. The van der Waals surface area contributed by atoms with E-state index in [-0.39, 0.29) is 0 Å². The minimum atomic E-state index is 0.416. The molecule has 0 spiro atoms. The molecule has 1 aliphatic heterocycles. The highest BCUT2D eigenvalue weighted by Crippen LogP contribution is 2.42. The van der Waals surface area contributed by atoms with Crippen LogP contribution in [0.4, 0.5) is 0 Å². The van der Waals surface area contributed by atoms with Crippen molar-refractivity contribution in [3.8, 4) is 0 Å². The third-order valence-corrected chi connectivity index (χ3v) is 5.04. The Morgan fingerprint density at radius 1 is 1.32 bits per heavy atom. The van der Waals surface area contributed by atoms with Gasteiger partial charge in [-0.05, 0) is 38.6 Å². The van der Waals surface area contributed by atoms with Gasteiger partial charge < -0.3 is 10.1 Å². The second kappa shape index (κ2) is 6.33. The van der Waals surface area contributed by atoms with Crippen molar-refractivity contribution in [3.63, 3.8) is 0 Å². The number of hydrogen-bond acceptors (Lipinski definition) is 4. The fourth-order valence-electron chi connectivity index (χ4n) is 2.71. The lowest BCUT2D eigenvalue weighted by Crippen LogP contribution is -2.21. The maximum atomic E-state index is 5.84. The summed E-state index contributed by atoms with van der Waals surface area (Å²) in [5.74, 6) is 0.755. The summed E-state index contributed by atoms with van der Waals surface area (Å²) < 4.78 is 5.84. The van der Waals surface area contributed by atoms with Crippen LogP contribution in [0.1, 0.15) is 60.5 Å². The van der Waals surface area contributed by atoms with Crippen LogP contribution in [0.3, 0.4) is 0 Å². The van der Waals surface area contributed by atoms with E-state index in [0.717, 1.165) is 32.0 Å². The molecule has 0 bridgehead atoms. The van der Waals surface area contributed by atoms with Gasteiger partial charge in [0.15, 0.2) is 0 Å². The molecular formula is C15H24N2OS. The van der Waals surface area contributed by atoms with Crippen molar-refractivity contribution in [2.24, 2.45) is 0 Å². The third-order valence-electron chi connectivity index (χ3n) is 3.95. The summed E-state index contributed by atoms with van der Waals surface area (Å²) in [5.41, 5.74) is 1.39. The molecule has 106 valence electrons. The minimum absolute atomic E-state index is 0.416. The Morgan fingerprint density at radius 3 is 2.89 bits per heavy atom. The van der Waals surface area contributed by atoms with Crippen molar-refractivity contribution in [1.82, 2.24) is 10.3 Å². The first-order valence-corrected chi connectivity index (χ1v) is 8.49. The Hall–Kier alpha value is -0.450. The molecule has 0 radical (unpaired) electrons. The molecule has 1 atom stereocenters. The van der Waals surface area contributed by atoms with Gasteiger partial charge in [-0.3, -0.25) is 0 Å². The maximum absolute atomic E-state index is 5.84. The van der Waals surface area contributed by atoms with E-state index in [1.54, 1.807) is 0 Å². The molecule has 1 aromatic rings. The van der Waals surface area contributed by atoms with E-state index in [1.165, 1.54) is 47.7 Å². The molecule has 2 aliphatic rings. The fourth-order valence-corrected chi connectivity index (χ4v) is 3.89. The first kappa shape index (κ1) is 13.5. The summed E-state index contributed by atoms with van der Waals surface area (Å²) >= 11 is 1.91. The van der Waals surface area contributed by atoms with Gasteiger partial charge in [0.1, 0.15) is 0 Å². The van der Waals surface area contributed by atoms with E-state index in [2.05, 4.69) is 12.2 Å². The zero-order chi connectivity index (χ0) is 13.1. The number of nitrogens with zero attached hydrogens (tertiary/aromatic N) is 1. The average molecular weight is 280 g/mol. The van der Waals surface area contributed by atoms with Gasteiger partial charge >= 0.3 is 0 Å². The third kappa shape index (κ3) is 3.56. The largest absolute Gasteiger partial charge is 0.378 e. The average Bonchev–Trinajstić information content (AvgIpc) is 3.20. The van der Waals surface area contributed by atoms with Gasteiger partial charge in [0.05, 0.1) is 16.8 Å². The lowest BCUT2D eigenvalue weighted by atomic mass is 10.1. The summed E-state index contributed by atoms with van der Waals surface area (Å²) in [4.78, 5) is 6.39. The Kier molecular flexibility index (Phi) is 4.51. The number of rotatable bonds is 6. The van der Waals surface area contributed by atoms with E-state index >= 15 is 0 Å². The molecule has 3 nitrogen and oxygen atoms in total. The van der Waals surface area contributed by atoms with Crippen LogP contribution in [-0.4, -0.2) is 24.2 Å². The van der Waals surface area contributed by atoms with Crippen molar-refractivity contribution in [2.75, 3.05) is 13.2 Å². The monoisotopic (exact) mass is 280 g/mol. The topological polar surface area (TPSA) is 34.1 Å². The lowest BCUT2D eigenvalue weighted by Gasteiger charge is -2.21. The highest BCUT2D eigenvalue weighted by molar-refractivity contribution is 7.11. The molecule has 1 N–H and O–H groups in total. The molecular weight excluding hydrogens is 256 g/mol. The Labute approximate surface area is 119 Å². The molecule has 4 heteroatoms. The summed E-state index contributed by atoms with van der Waals surface area (Å²) in [6.07, 6.45) is 7.87. The summed E-state index contributed by atoms with van der Waals surface area (Å²) in [7, 11) is 0. The zero-order valence-electron chi connectivity index (χ0n) is 11.8. The summed E-state index contributed by atoms with van der Waals surface area (Å²) in [5, 5.41) is 4.74. The van der Waals surface area contributed by atoms with E-state index in [9.17, 15) is 0 Å². The molecule has 19 heavy (non-hydrogen) atoms. The van der Waals surface area contributed by atoms with Crippen molar-refractivity contribution in [3.05, 3.63) is 15.6 Å². The van der Waals surface area contributed by atoms with Crippen LogP contribution >= 0.6 is 11.3 Å². The summed E-state index contributed by atoms with van der Waals surface area (Å²) in [6.45, 7) is 5.12. The number of ether oxygens (including phenoxy) is 1. The van der Waals surface area contributed by atoms with Crippen LogP contribution in [0.25, 0.3) is 0 Å². The van der Waals surface area contributed by atoms with Gasteiger partial charge in [0.25, 0.3) is 0 Å². The zero-order valence-corrected chi connectivity index (χ0v) is 12.6. The van der Waals surface area contributed by atoms with Crippen LogP contribution < -0.4 is 5.32 Å². The molecule has 0 aromatic carbocycles. The highest BCUT2D eigenvalue weighted by Gasteiger charge is 2.30. The second-order valence-corrected chi connectivity index (χ2v) is 6.83. The first-order valence-electron chi connectivity index (χ1n) is 7.67. The SMILES string of the molecule is CCNCc1sc(CC2CCCCO2)nc1C1CC1. The normalized spacial score (nSPS) is 23.7. The van der Waals surface area contributed by atoms with Crippen molar-refractivity contribution in [2.45, 2.75) is 64.0 Å². The molecule has 1 aromatic heterocycles. The Balaban J connectivity index is 1.66. The van der Waals surface area contributed by atoms with E-state index < -0.39 is 0 Å². The fraction of sp³-hybridized carbons (Fsp3) is 0.800. The van der Waals surface area contributed by atoms with E-state index in [4.69, 9.17) is 9.72 Å². The van der Waals surface area contributed by atoms with E-state index in [1.807, 2.05) is 11.3 Å². The second-order valence-electron chi connectivity index (χ2n) is 5.66. The standard InChI is InChI=1S/C15H24N2OS/c1-2-16-10-13-15(11-6-7-11)17-14(19-13)9-12-5-3-4-8-18-12/h11-12,16H,2-10H2,1H3. The lowest BCUT2D eigenvalue weighted by molar-refractivity contribution is 0.0167. The van der Waals surface area contributed by atoms with Gasteiger partial charge in [-0.15, -0.1) is 11.3 Å². The molecule has 1 saturated heterocycles. The minimum Gasteiger partial charge on any atom is -0.378 e. The molecule has 0 amide bonds. The van der Waals surface area contributed by atoms with Gasteiger partial charge in [0, 0.05) is 30.4 Å². The molecule has 1 saturated carbocycles. The van der Waals surface area contributed by atoms with Crippen LogP contribution in [0.15, 0.2) is 0 Å². The molecule has 2 heterocycles. The molecule has 2 fully saturated rings. The molecule has 3 rings (SSSR count). The van der Waals surface area contributed by atoms with Crippen molar-refractivity contribution in [1.29, 1.82) is 0 Å². The number of aromatic nitrogens is 1. The Bertz CT molecular complexity index is 408. The Morgan fingerprint density at radius 2 is 2.21 bits per heavy atom. The predicted octanol–water partition coefficient (Wildman–Crippen LogP) is 3.24. The van der Waals surface area contributed by atoms with Crippen molar-refractivity contribution < 1.29 is 4.74 Å².